The van der Waals surface area contributed by atoms with Crippen molar-refractivity contribution in [1.29, 1.82) is 0 Å². The molecule has 0 saturated heterocycles. The van der Waals surface area contributed by atoms with Crippen molar-refractivity contribution < 1.29 is 9.53 Å². The molecule has 4 nitrogen and oxygen atoms in total. The minimum atomic E-state index is -0.127. The molecule has 1 unspecified atom stereocenters. The number of anilines is 1. The summed E-state index contributed by atoms with van der Waals surface area (Å²) in [5.41, 5.74) is 7.98. The highest BCUT2D eigenvalue weighted by Crippen LogP contribution is 2.15. The Balaban J connectivity index is 2.52. The van der Waals surface area contributed by atoms with Crippen LogP contribution in [0.1, 0.15) is 32.8 Å². The zero-order chi connectivity index (χ0) is 15.0. The highest BCUT2D eigenvalue weighted by Gasteiger charge is 2.15. The highest BCUT2D eigenvalue weighted by molar-refractivity contribution is 5.69. The summed E-state index contributed by atoms with van der Waals surface area (Å²) in [6.07, 6.45) is 1.33. The standard InChI is InChI=1S/C16H26N2O2/c1-4-18(11-10-16(19)20-5-2)13(3)12-14-8-6-7-9-15(14)17/h6-9,13H,4-5,10-12,17H2,1-3H3. The van der Waals surface area contributed by atoms with Crippen molar-refractivity contribution in [3.8, 4) is 0 Å². The van der Waals surface area contributed by atoms with Crippen molar-refractivity contribution in [3.05, 3.63) is 29.8 Å². The maximum atomic E-state index is 11.4. The Morgan fingerprint density at radius 2 is 2.05 bits per heavy atom. The van der Waals surface area contributed by atoms with E-state index in [9.17, 15) is 4.79 Å². The second-order valence-corrected chi connectivity index (χ2v) is 4.94. The first kappa shape index (κ1) is 16.5. The molecule has 112 valence electrons. The third kappa shape index (κ3) is 5.21. The number of nitrogens with two attached hydrogens (primary N) is 1. The molecule has 0 amide bonds. The van der Waals surface area contributed by atoms with Crippen LogP contribution >= 0.6 is 0 Å². The molecule has 4 heteroatoms. The zero-order valence-corrected chi connectivity index (χ0v) is 12.8. The van der Waals surface area contributed by atoms with Crippen molar-refractivity contribution in [3.63, 3.8) is 0 Å². The van der Waals surface area contributed by atoms with Crippen LogP contribution in [0.5, 0.6) is 0 Å². The summed E-state index contributed by atoms with van der Waals surface area (Å²) < 4.78 is 4.97. The van der Waals surface area contributed by atoms with E-state index >= 15 is 0 Å². The average molecular weight is 278 g/mol. The summed E-state index contributed by atoms with van der Waals surface area (Å²) in [5, 5.41) is 0. The third-order valence-electron chi connectivity index (χ3n) is 3.51. The minimum Gasteiger partial charge on any atom is -0.466 e. The molecule has 0 aliphatic rings. The molecule has 0 radical (unpaired) electrons. The van der Waals surface area contributed by atoms with Gasteiger partial charge in [-0.25, -0.2) is 0 Å². The van der Waals surface area contributed by atoms with Gasteiger partial charge in [0.25, 0.3) is 0 Å². The monoisotopic (exact) mass is 278 g/mol. The first-order valence-corrected chi connectivity index (χ1v) is 7.31. The highest BCUT2D eigenvalue weighted by atomic mass is 16.5. The molecule has 1 aromatic rings. The molecule has 0 spiro atoms. The number of rotatable bonds is 8. The van der Waals surface area contributed by atoms with Crippen LogP contribution in [0, 0.1) is 0 Å². The van der Waals surface area contributed by atoms with Crippen LogP contribution in [-0.4, -0.2) is 36.6 Å². The maximum Gasteiger partial charge on any atom is 0.307 e. The molecule has 1 aromatic carbocycles. The Bertz CT molecular complexity index is 421. The maximum absolute atomic E-state index is 11.4. The molecule has 0 heterocycles. The van der Waals surface area contributed by atoms with Crippen molar-refractivity contribution in [2.24, 2.45) is 0 Å². The van der Waals surface area contributed by atoms with Gasteiger partial charge >= 0.3 is 5.97 Å². The van der Waals surface area contributed by atoms with Crippen LogP contribution in [-0.2, 0) is 16.0 Å². The normalized spacial score (nSPS) is 12.4. The topological polar surface area (TPSA) is 55.6 Å². The zero-order valence-electron chi connectivity index (χ0n) is 12.8. The van der Waals surface area contributed by atoms with Crippen LogP contribution in [0.2, 0.25) is 0 Å². The largest absolute Gasteiger partial charge is 0.466 e. The SMILES string of the molecule is CCOC(=O)CCN(CC)C(C)Cc1ccccc1N. The summed E-state index contributed by atoms with van der Waals surface area (Å²) in [5.74, 6) is -0.127. The van der Waals surface area contributed by atoms with Gasteiger partial charge in [0, 0.05) is 18.3 Å². The van der Waals surface area contributed by atoms with Gasteiger partial charge in [0.15, 0.2) is 0 Å². The first-order valence-electron chi connectivity index (χ1n) is 7.31. The Hall–Kier alpha value is -1.55. The molecule has 0 aliphatic heterocycles. The minimum absolute atomic E-state index is 0.127. The van der Waals surface area contributed by atoms with Gasteiger partial charge in [-0.15, -0.1) is 0 Å². The molecule has 0 bridgehead atoms. The number of hydrogen-bond acceptors (Lipinski definition) is 4. The van der Waals surface area contributed by atoms with E-state index in [1.807, 2.05) is 25.1 Å². The molecule has 0 fully saturated rings. The van der Waals surface area contributed by atoms with Gasteiger partial charge in [0.2, 0.25) is 0 Å². The summed E-state index contributed by atoms with van der Waals surface area (Å²) in [6, 6.07) is 8.29. The fraction of sp³-hybridized carbons (Fsp3) is 0.562. The Morgan fingerprint density at radius 1 is 1.35 bits per heavy atom. The first-order chi connectivity index (χ1) is 9.58. The van der Waals surface area contributed by atoms with Gasteiger partial charge in [-0.05, 0) is 38.4 Å². The quantitative estimate of drug-likeness (QED) is 0.586. The van der Waals surface area contributed by atoms with E-state index in [0.717, 1.165) is 30.8 Å². The van der Waals surface area contributed by atoms with Crippen LogP contribution in [0.4, 0.5) is 5.69 Å². The number of ether oxygens (including phenoxy) is 1. The molecule has 0 aromatic heterocycles. The number of nitrogen functional groups attached to an aromatic ring is 1. The van der Waals surface area contributed by atoms with Gasteiger partial charge in [-0.1, -0.05) is 25.1 Å². The lowest BCUT2D eigenvalue weighted by Gasteiger charge is -2.28. The van der Waals surface area contributed by atoms with E-state index in [0.29, 0.717) is 19.1 Å². The van der Waals surface area contributed by atoms with Crippen LogP contribution in [0.3, 0.4) is 0 Å². The smallest absolute Gasteiger partial charge is 0.307 e. The number of nitrogens with zero attached hydrogens (tertiary/aromatic N) is 1. The molecule has 1 atom stereocenters. The van der Waals surface area contributed by atoms with E-state index in [2.05, 4.69) is 24.8 Å². The van der Waals surface area contributed by atoms with E-state index in [1.165, 1.54) is 0 Å². The summed E-state index contributed by atoms with van der Waals surface area (Å²) >= 11 is 0. The van der Waals surface area contributed by atoms with Crippen molar-refractivity contribution in [2.75, 3.05) is 25.4 Å². The van der Waals surface area contributed by atoms with E-state index in [-0.39, 0.29) is 5.97 Å². The van der Waals surface area contributed by atoms with Crippen molar-refractivity contribution >= 4 is 11.7 Å². The van der Waals surface area contributed by atoms with E-state index < -0.39 is 0 Å². The summed E-state index contributed by atoms with van der Waals surface area (Å²) in [6.45, 7) is 8.19. The Kier molecular flexibility index (Phi) is 7.09. The van der Waals surface area contributed by atoms with Gasteiger partial charge in [-0.2, -0.15) is 0 Å². The average Bonchev–Trinajstić information content (AvgIpc) is 2.42. The second kappa shape index (κ2) is 8.59. The number of carbonyl (C=O) groups is 1. The second-order valence-electron chi connectivity index (χ2n) is 4.94. The predicted molar refractivity (Wildman–Crippen MR) is 82.5 cm³/mol. The van der Waals surface area contributed by atoms with Gasteiger partial charge in [-0.3, -0.25) is 4.79 Å². The van der Waals surface area contributed by atoms with Crippen LogP contribution in [0.25, 0.3) is 0 Å². The number of likely N-dealkylation sites (N-methyl/N-ethyl adjacent to an activating group) is 1. The number of carbonyl (C=O) groups excluding carboxylic acids is 1. The third-order valence-corrected chi connectivity index (χ3v) is 3.51. The Morgan fingerprint density at radius 3 is 2.65 bits per heavy atom. The molecule has 0 aliphatic carbocycles. The molecule has 1 rings (SSSR count). The van der Waals surface area contributed by atoms with E-state index in [4.69, 9.17) is 10.5 Å². The fourth-order valence-corrected chi connectivity index (χ4v) is 2.33. The fourth-order valence-electron chi connectivity index (χ4n) is 2.33. The molecular formula is C16H26N2O2. The predicted octanol–water partition coefficient (Wildman–Crippen LogP) is 2.47. The lowest BCUT2D eigenvalue weighted by molar-refractivity contribution is -0.143. The van der Waals surface area contributed by atoms with Gasteiger partial charge in [0.1, 0.15) is 0 Å². The molecular weight excluding hydrogens is 252 g/mol. The van der Waals surface area contributed by atoms with Crippen molar-refractivity contribution in [2.45, 2.75) is 39.7 Å². The molecule has 2 N–H and O–H groups in total. The Labute approximate surface area is 121 Å². The van der Waals surface area contributed by atoms with Crippen LogP contribution < -0.4 is 5.73 Å². The number of esters is 1. The summed E-state index contributed by atoms with van der Waals surface area (Å²) in [7, 11) is 0. The molecule has 20 heavy (non-hydrogen) atoms. The van der Waals surface area contributed by atoms with Crippen molar-refractivity contribution in [1.82, 2.24) is 4.90 Å². The van der Waals surface area contributed by atoms with Gasteiger partial charge in [0.05, 0.1) is 13.0 Å². The van der Waals surface area contributed by atoms with Gasteiger partial charge < -0.3 is 15.4 Å². The van der Waals surface area contributed by atoms with Crippen LogP contribution in [0.15, 0.2) is 24.3 Å². The number of hydrogen-bond donors (Lipinski definition) is 1. The molecule has 0 saturated carbocycles. The van der Waals surface area contributed by atoms with E-state index in [1.54, 1.807) is 0 Å². The number of para-hydroxylation sites is 1. The number of benzene rings is 1. The lowest BCUT2D eigenvalue weighted by Crippen LogP contribution is -2.36. The summed E-state index contributed by atoms with van der Waals surface area (Å²) in [4.78, 5) is 13.7. The lowest BCUT2D eigenvalue weighted by atomic mass is 10.0.